The van der Waals surface area contributed by atoms with Crippen LogP contribution in [0.1, 0.15) is 18.3 Å². The molecule has 2 aromatic rings. The van der Waals surface area contributed by atoms with E-state index in [0.717, 1.165) is 0 Å². The summed E-state index contributed by atoms with van der Waals surface area (Å²) in [7, 11) is 1.86. The lowest BCUT2D eigenvalue weighted by atomic mass is 10.2. The first-order valence-corrected chi connectivity index (χ1v) is 6.43. The molecule has 0 aliphatic carbocycles. The number of halogens is 1. The lowest BCUT2D eigenvalue weighted by molar-refractivity contribution is 0.607. The highest BCUT2D eigenvalue weighted by atomic mass is 19.1. The molecule has 0 unspecified atom stereocenters. The highest BCUT2D eigenvalue weighted by molar-refractivity contribution is 5.48. The van der Waals surface area contributed by atoms with Crippen LogP contribution in [0.2, 0.25) is 0 Å². The molecule has 0 aliphatic rings. The fourth-order valence-electron chi connectivity index (χ4n) is 1.87. The second-order valence-corrected chi connectivity index (χ2v) is 4.47. The number of rotatable bonds is 5. The Hall–Kier alpha value is -2.21. The number of hydrazine groups is 1. The Morgan fingerprint density at radius 1 is 1.30 bits per heavy atom. The molecule has 1 heterocycles. The number of anilines is 2. The Morgan fingerprint density at radius 2 is 2.05 bits per heavy atom. The van der Waals surface area contributed by atoms with Gasteiger partial charge in [0.05, 0.1) is 0 Å². The minimum Gasteiger partial charge on any atom is -0.355 e. The van der Waals surface area contributed by atoms with Crippen molar-refractivity contribution in [1.29, 1.82) is 0 Å². The second-order valence-electron chi connectivity index (χ2n) is 4.47. The number of aryl methyl sites for hydroxylation is 1. The Bertz CT molecular complexity index is 565. The second kappa shape index (κ2) is 6.29. The number of nitrogens with two attached hydrogens (primary N) is 1. The first-order valence-electron chi connectivity index (χ1n) is 6.43. The quantitative estimate of drug-likeness (QED) is 0.646. The number of nitrogens with one attached hydrogen (secondary N) is 1. The Kier molecular flexibility index (Phi) is 4.47. The summed E-state index contributed by atoms with van der Waals surface area (Å²) in [6.45, 7) is 2.40. The van der Waals surface area contributed by atoms with Gasteiger partial charge in [0.1, 0.15) is 23.3 Å². The van der Waals surface area contributed by atoms with Gasteiger partial charge < -0.3 is 10.3 Å². The van der Waals surface area contributed by atoms with Crippen LogP contribution in [-0.2, 0) is 13.0 Å². The molecule has 3 N–H and O–H groups in total. The minimum absolute atomic E-state index is 0.221. The highest BCUT2D eigenvalue weighted by Crippen LogP contribution is 2.18. The first-order chi connectivity index (χ1) is 9.63. The molecule has 0 amide bonds. The predicted molar refractivity (Wildman–Crippen MR) is 77.7 cm³/mol. The molecule has 0 saturated carbocycles. The van der Waals surface area contributed by atoms with Gasteiger partial charge in [0.25, 0.3) is 0 Å². The summed E-state index contributed by atoms with van der Waals surface area (Å²) in [4.78, 5) is 10.5. The lowest BCUT2D eigenvalue weighted by Gasteiger charge is -2.19. The molecule has 0 fully saturated rings. The van der Waals surface area contributed by atoms with E-state index in [4.69, 9.17) is 5.84 Å². The zero-order valence-electron chi connectivity index (χ0n) is 11.6. The molecule has 5 nitrogen and oxygen atoms in total. The number of hydrogen-bond donors (Lipinski definition) is 2. The fraction of sp³-hybridized carbons (Fsp3) is 0.286. The van der Waals surface area contributed by atoms with Crippen molar-refractivity contribution in [3.05, 3.63) is 47.5 Å². The minimum atomic E-state index is -0.221. The molecule has 0 atom stereocenters. The molecule has 0 saturated heterocycles. The van der Waals surface area contributed by atoms with Crippen molar-refractivity contribution in [2.45, 2.75) is 19.9 Å². The number of aromatic nitrogens is 2. The summed E-state index contributed by atoms with van der Waals surface area (Å²) >= 11 is 0. The van der Waals surface area contributed by atoms with Gasteiger partial charge in [-0.25, -0.2) is 20.2 Å². The molecular formula is C14H18FN5. The van der Waals surface area contributed by atoms with E-state index in [1.54, 1.807) is 18.2 Å². The molecule has 2 rings (SSSR count). The third-order valence-electron chi connectivity index (χ3n) is 2.98. The van der Waals surface area contributed by atoms with Crippen molar-refractivity contribution in [2.24, 2.45) is 5.84 Å². The van der Waals surface area contributed by atoms with Crippen LogP contribution in [0.3, 0.4) is 0 Å². The average molecular weight is 275 g/mol. The summed E-state index contributed by atoms with van der Waals surface area (Å²) in [5, 5.41) is 0. The van der Waals surface area contributed by atoms with E-state index in [1.165, 1.54) is 6.07 Å². The van der Waals surface area contributed by atoms with Gasteiger partial charge in [0.15, 0.2) is 0 Å². The van der Waals surface area contributed by atoms with Crippen molar-refractivity contribution in [3.63, 3.8) is 0 Å². The SMILES string of the molecule is CCc1nc(NN)cc(N(C)Cc2ccccc2F)n1. The predicted octanol–water partition coefficient (Wildman–Crippen LogP) is 2.10. The zero-order chi connectivity index (χ0) is 14.5. The van der Waals surface area contributed by atoms with Crippen molar-refractivity contribution in [1.82, 2.24) is 9.97 Å². The first kappa shape index (κ1) is 14.2. The van der Waals surface area contributed by atoms with Gasteiger partial charge in [-0.2, -0.15) is 0 Å². The smallest absolute Gasteiger partial charge is 0.145 e. The number of nitrogens with zero attached hydrogens (tertiary/aromatic N) is 3. The van der Waals surface area contributed by atoms with Crippen LogP contribution in [-0.4, -0.2) is 17.0 Å². The van der Waals surface area contributed by atoms with E-state index in [9.17, 15) is 4.39 Å². The van der Waals surface area contributed by atoms with E-state index >= 15 is 0 Å². The molecule has 6 heteroatoms. The highest BCUT2D eigenvalue weighted by Gasteiger charge is 2.10. The molecule has 0 radical (unpaired) electrons. The number of benzene rings is 1. The fourth-order valence-corrected chi connectivity index (χ4v) is 1.87. The normalized spacial score (nSPS) is 10.4. The van der Waals surface area contributed by atoms with E-state index in [2.05, 4.69) is 15.4 Å². The Labute approximate surface area is 117 Å². The van der Waals surface area contributed by atoms with Crippen LogP contribution in [0.5, 0.6) is 0 Å². The van der Waals surface area contributed by atoms with Crippen molar-refractivity contribution >= 4 is 11.6 Å². The zero-order valence-corrected chi connectivity index (χ0v) is 11.6. The van der Waals surface area contributed by atoms with Gasteiger partial charge in [-0.15, -0.1) is 0 Å². The van der Waals surface area contributed by atoms with Gasteiger partial charge >= 0.3 is 0 Å². The van der Waals surface area contributed by atoms with E-state index in [0.29, 0.717) is 36.0 Å². The van der Waals surface area contributed by atoms with Gasteiger partial charge in [-0.05, 0) is 6.07 Å². The van der Waals surface area contributed by atoms with Gasteiger partial charge in [-0.3, -0.25) is 0 Å². The standard InChI is InChI=1S/C14H18FN5/c1-3-12-17-13(19-16)8-14(18-12)20(2)9-10-6-4-5-7-11(10)15/h4-8H,3,9,16H2,1-2H3,(H,17,18,19). The summed E-state index contributed by atoms with van der Waals surface area (Å²) in [5.41, 5.74) is 3.14. The van der Waals surface area contributed by atoms with Crippen molar-refractivity contribution < 1.29 is 4.39 Å². The van der Waals surface area contributed by atoms with E-state index in [-0.39, 0.29) is 5.82 Å². The topological polar surface area (TPSA) is 67.1 Å². The Morgan fingerprint density at radius 3 is 2.70 bits per heavy atom. The molecule has 0 bridgehead atoms. The molecule has 20 heavy (non-hydrogen) atoms. The van der Waals surface area contributed by atoms with Gasteiger partial charge in [0, 0.05) is 31.6 Å². The number of hydrogen-bond acceptors (Lipinski definition) is 5. The van der Waals surface area contributed by atoms with Crippen LogP contribution < -0.4 is 16.2 Å². The molecule has 0 aliphatic heterocycles. The van der Waals surface area contributed by atoms with Crippen LogP contribution >= 0.6 is 0 Å². The summed E-state index contributed by atoms with van der Waals surface area (Å²) in [6.07, 6.45) is 0.704. The van der Waals surface area contributed by atoms with Crippen LogP contribution in [0.4, 0.5) is 16.0 Å². The van der Waals surface area contributed by atoms with Crippen molar-refractivity contribution in [3.8, 4) is 0 Å². The lowest BCUT2D eigenvalue weighted by Crippen LogP contribution is -2.20. The maximum Gasteiger partial charge on any atom is 0.145 e. The van der Waals surface area contributed by atoms with Crippen LogP contribution in [0, 0.1) is 5.82 Å². The maximum atomic E-state index is 13.7. The number of nitrogen functional groups attached to an aromatic ring is 1. The van der Waals surface area contributed by atoms with Gasteiger partial charge in [-0.1, -0.05) is 25.1 Å². The van der Waals surface area contributed by atoms with Crippen LogP contribution in [0.25, 0.3) is 0 Å². The maximum absolute atomic E-state index is 13.7. The van der Waals surface area contributed by atoms with Crippen molar-refractivity contribution in [2.75, 3.05) is 17.4 Å². The third kappa shape index (κ3) is 3.21. The monoisotopic (exact) mass is 275 g/mol. The summed E-state index contributed by atoms with van der Waals surface area (Å²) < 4.78 is 13.7. The Balaban J connectivity index is 2.24. The largest absolute Gasteiger partial charge is 0.355 e. The van der Waals surface area contributed by atoms with E-state index in [1.807, 2.05) is 24.9 Å². The van der Waals surface area contributed by atoms with Crippen LogP contribution in [0.15, 0.2) is 30.3 Å². The molecule has 106 valence electrons. The molecule has 0 spiro atoms. The molecular weight excluding hydrogens is 257 g/mol. The average Bonchev–Trinajstić information content (AvgIpc) is 2.48. The van der Waals surface area contributed by atoms with Gasteiger partial charge in [0.2, 0.25) is 0 Å². The third-order valence-corrected chi connectivity index (χ3v) is 2.98. The van der Waals surface area contributed by atoms with E-state index < -0.39 is 0 Å². The summed E-state index contributed by atoms with van der Waals surface area (Å²) in [5.74, 6) is 7.12. The molecule has 1 aromatic carbocycles. The summed E-state index contributed by atoms with van der Waals surface area (Å²) in [6, 6.07) is 8.44. The molecule has 1 aromatic heterocycles.